The fourth-order valence-corrected chi connectivity index (χ4v) is 2.05. The second kappa shape index (κ2) is 5.47. The second-order valence-electron chi connectivity index (χ2n) is 3.99. The van der Waals surface area contributed by atoms with Crippen LogP contribution >= 0.6 is 23.2 Å². The molecule has 0 atom stereocenters. The number of nitrogens with two attached hydrogens (primary N) is 1. The van der Waals surface area contributed by atoms with Crippen LogP contribution in [0.25, 0.3) is 0 Å². The Morgan fingerprint density at radius 1 is 1.37 bits per heavy atom. The predicted octanol–water partition coefficient (Wildman–Crippen LogP) is 3.53. The number of pyridine rings is 1. The molecule has 2 rings (SSSR count). The van der Waals surface area contributed by atoms with Crippen LogP contribution in [0.5, 0.6) is 0 Å². The maximum absolute atomic E-state index is 12.1. The smallest absolute Gasteiger partial charge is 0.258 e. The van der Waals surface area contributed by atoms with Gasteiger partial charge in [-0.25, -0.2) is 4.98 Å². The standard InChI is InChI=1S/C13H11Cl2N3O/c1-7-3-2-4-10(14)11(7)18-13(19)9-5-8(16)6-17-12(9)15/h2-6H,16H2,1H3,(H,18,19). The van der Waals surface area contributed by atoms with Gasteiger partial charge in [0, 0.05) is 0 Å². The van der Waals surface area contributed by atoms with Crippen molar-refractivity contribution in [2.75, 3.05) is 11.1 Å². The number of benzene rings is 1. The van der Waals surface area contributed by atoms with E-state index in [2.05, 4.69) is 10.3 Å². The van der Waals surface area contributed by atoms with Crippen LogP contribution in [-0.4, -0.2) is 10.9 Å². The summed E-state index contributed by atoms with van der Waals surface area (Å²) < 4.78 is 0. The maximum Gasteiger partial charge on any atom is 0.258 e. The number of nitrogens with zero attached hydrogens (tertiary/aromatic N) is 1. The molecule has 0 aliphatic heterocycles. The number of nitrogen functional groups attached to an aromatic ring is 1. The van der Waals surface area contributed by atoms with Gasteiger partial charge in [-0.3, -0.25) is 4.79 Å². The zero-order valence-electron chi connectivity index (χ0n) is 10.1. The molecule has 3 N–H and O–H groups in total. The highest BCUT2D eigenvalue weighted by atomic mass is 35.5. The monoisotopic (exact) mass is 295 g/mol. The molecule has 0 aliphatic carbocycles. The fraction of sp³-hybridized carbons (Fsp3) is 0.0769. The molecule has 98 valence electrons. The number of aromatic nitrogens is 1. The third kappa shape index (κ3) is 2.97. The number of rotatable bonds is 2. The van der Waals surface area contributed by atoms with Crippen molar-refractivity contribution in [1.82, 2.24) is 4.98 Å². The lowest BCUT2D eigenvalue weighted by molar-refractivity contribution is 0.102. The first-order chi connectivity index (χ1) is 8.99. The summed E-state index contributed by atoms with van der Waals surface area (Å²) in [6, 6.07) is 6.82. The van der Waals surface area contributed by atoms with Crippen LogP contribution in [0.3, 0.4) is 0 Å². The van der Waals surface area contributed by atoms with E-state index in [1.807, 2.05) is 19.1 Å². The first-order valence-electron chi connectivity index (χ1n) is 5.46. The molecule has 19 heavy (non-hydrogen) atoms. The Morgan fingerprint density at radius 3 is 2.79 bits per heavy atom. The van der Waals surface area contributed by atoms with Crippen molar-refractivity contribution in [1.29, 1.82) is 0 Å². The van der Waals surface area contributed by atoms with Crippen molar-refractivity contribution in [3.63, 3.8) is 0 Å². The van der Waals surface area contributed by atoms with Crippen molar-refractivity contribution in [3.8, 4) is 0 Å². The number of amides is 1. The molecular formula is C13H11Cl2N3O. The topological polar surface area (TPSA) is 68.0 Å². The van der Waals surface area contributed by atoms with Crippen molar-refractivity contribution in [3.05, 3.63) is 51.8 Å². The molecule has 2 aromatic rings. The Balaban J connectivity index is 2.34. The predicted molar refractivity (Wildman–Crippen MR) is 77.8 cm³/mol. The van der Waals surface area contributed by atoms with Gasteiger partial charge in [-0.2, -0.15) is 0 Å². The van der Waals surface area contributed by atoms with Gasteiger partial charge in [-0.1, -0.05) is 35.3 Å². The van der Waals surface area contributed by atoms with E-state index in [1.165, 1.54) is 12.3 Å². The molecule has 0 radical (unpaired) electrons. The lowest BCUT2D eigenvalue weighted by Gasteiger charge is -2.11. The molecule has 1 aromatic heterocycles. The van der Waals surface area contributed by atoms with Crippen molar-refractivity contribution < 1.29 is 4.79 Å². The highest BCUT2D eigenvalue weighted by molar-refractivity contribution is 6.35. The van der Waals surface area contributed by atoms with Gasteiger partial charge >= 0.3 is 0 Å². The van der Waals surface area contributed by atoms with Crippen LogP contribution in [0.4, 0.5) is 11.4 Å². The number of carbonyl (C=O) groups excluding carboxylic acids is 1. The summed E-state index contributed by atoms with van der Waals surface area (Å²) in [5, 5.41) is 3.27. The van der Waals surface area contributed by atoms with Crippen LogP contribution in [-0.2, 0) is 0 Å². The molecule has 0 unspecified atom stereocenters. The van der Waals surface area contributed by atoms with Crippen molar-refractivity contribution in [2.45, 2.75) is 6.92 Å². The first-order valence-corrected chi connectivity index (χ1v) is 6.22. The second-order valence-corrected chi connectivity index (χ2v) is 4.76. The summed E-state index contributed by atoms with van der Waals surface area (Å²) in [4.78, 5) is 16.0. The van der Waals surface area contributed by atoms with Crippen LogP contribution in [0.2, 0.25) is 10.2 Å². The summed E-state index contributed by atoms with van der Waals surface area (Å²) in [7, 11) is 0. The molecule has 0 saturated carbocycles. The Bertz CT molecular complexity index is 624. The Hall–Kier alpha value is -1.78. The number of halogens is 2. The minimum atomic E-state index is -0.402. The van der Waals surface area contributed by atoms with E-state index in [0.717, 1.165) is 5.56 Å². The summed E-state index contributed by atoms with van der Waals surface area (Å²) in [5.74, 6) is -0.402. The lowest BCUT2D eigenvalue weighted by Crippen LogP contribution is -2.14. The van der Waals surface area contributed by atoms with E-state index in [9.17, 15) is 4.79 Å². The SMILES string of the molecule is Cc1cccc(Cl)c1NC(=O)c1cc(N)cnc1Cl. The average molecular weight is 296 g/mol. The molecule has 0 bridgehead atoms. The van der Waals surface area contributed by atoms with E-state index in [0.29, 0.717) is 16.4 Å². The molecule has 0 saturated heterocycles. The van der Waals surface area contributed by atoms with Gasteiger partial charge in [0.15, 0.2) is 0 Å². The van der Waals surface area contributed by atoms with E-state index < -0.39 is 5.91 Å². The minimum absolute atomic E-state index is 0.0939. The van der Waals surface area contributed by atoms with Crippen molar-refractivity contribution >= 4 is 40.5 Å². The number of anilines is 2. The zero-order chi connectivity index (χ0) is 14.0. The van der Waals surface area contributed by atoms with Crippen molar-refractivity contribution in [2.24, 2.45) is 0 Å². The third-order valence-electron chi connectivity index (χ3n) is 2.57. The number of aryl methyl sites for hydroxylation is 1. The normalized spacial score (nSPS) is 10.3. The van der Waals surface area contributed by atoms with Gasteiger partial charge in [0.25, 0.3) is 5.91 Å². The van der Waals surface area contributed by atoms with Crippen LogP contribution < -0.4 is 11.1 Å². The number of hydrogen-bond donors (Lipinski definition) is 2. The minimum Gasteiger partial charge on any atom is -0.397 e. The summed E-state index contributed by atoms with van der Waals surface area (Å²) in [6.45, 7) is 1.85. The highest BCUT2D eigenvalue weighted by Crippen LogP contribution is 2.26. The van der Waals surface area contributed by atoms with Gasteiger partial charge in [-0.05, 0) is 24.6 Å². The van der Waals surface area contributed by atoms with Gasteiger partial charge in [0.1, 0.15) is 5.15 Å². The van der Waals surface area contributed by atoms with Gasteiger partial charge < -0.3 is 11.1 Å². The number of hydrogen-bond acceptors (Lipinski definition) is 3. The van der Waals surface area contributed by atoms with Crippen LogP contribution in [0.1, 0.15) is 15.9 Å². The highest BCUT2D eigenvalue weighted by Gasteiger charge is 2.14. The summed E-state index contributed by atoms with van der Waals surface area (Å²) in [6.07, 6.45) is 1.39. The molecule has 1 heterocycles. The van der Waals surface area contributed by atoms with E-state index in [-0.39, 0.29) is 10.7 Å². The fourth-order valence-electron chi connectivity index (χ4n) is 1.59. The molecule has 6 heteroatoms. The molecular weight excluding hydrogens is 285 g/mol. The maximum atomic E-state index is 12.1. The van der Waals surface area contributed by atoms with Crippen LogP contribution in [0, 0.1) is 6.92 Å². The number of carbonyl (C=O) groups is 1. The summed E-state index contributed by atoms with van der Waals surface area (Å²) >= 11 is 11.9. The Morgan fingerprint density at radius 2 is 2.11 bits per heavy atom. The third-order valence-corrected chi connectivity index (χ3v) is 3.18. The number of para-hydroxylation sites is 1. The Kier molecular flexibility index (Phi) is 3.93. The summed E-state index contributed by atoms with van der Waals surface area (Å²) in [5.41, 5.74) is 7.57. The molecule has 0 aliphatic rings. The first kappa shape index (κ1) is 13.6. The average Bonchev–Trinajstić information content (AvgIpc) is 2.37. The molecule has 0 fully saturated rings. The van der Waals surface area contributed by atoms with E-state index >= 15 is 0 Å². The van der Waals surface area contributed by atoms with Crippen LogP contribution in [0.15, 0.2) is 30.5 Å². The molecule has 0 spiro atoms. The van der Waals surface area contributed by atoms with E-state index in [4.69, 9.17) is 28.9 Å². The quantitative estimate of drug-likeness (QED) is 0.833. The molecule has 4 nitrogen and oxygen atoms in total. The van der Waals surface area contributed by atoms with Gasteiger partial charge in [-0.15, -0.1) is 0 Å². The largest absolute Gasteiger partial charge is 0.397 e. The van der Waals surface area contributed by atoms with Gasteiger partial charge in [0.2, 0.25) is 0 Å². The zero-order valence-corrected chi connectivity index (χ0v) is 11.6. The number of nitrogens with one attached hydrogen (secondary N) is 1. The Labute approximate surface area is 120 Å². The molecule has 1 amide bonds. The molecule has 1 aromatic carbocycles. The van der Waals surface area contributed by atoms with E-state index in [1.54, 1.807) is 6.07 Å². The lowest BCUT2D eigenvalue weighted by atomic mass is 10.2. The van der Waals surface area contributed by atoms with Gasteiger partial charge in [0.05, 0.1) is 28.2 Å².